The first-order chi connectivity index (χ1) is 6.73. The van der Waals surface area contributed by atoms with Crippen LogP contribution in [-0.4, -0.2) is 4.98 Å². The topological polar surface area (TPSA) is 12.9 Å². The Bertz CT molecular complexity index is 378. The molecule has 0 saturated heterocycles. The Morgan fingerprint density at radius 1 is 1.33 bits per heavy atom. The van der Waals surface area contributed by atoms with Crippen molar-refractivity contribution in [2.24, 2.45) is 0 Å². The number of pyridine rings is 1. The van der Waals surface area contributed by atoms with Crippen LogP contribution in [0.4, 0.5) is 22.0 Å². The molecule has 0 aromatic carbocycles. The number of rotatable bonds is 1. The summed E-state index contributed by atoms with van der Waals surface area (Å²) in [4.78, 5) is 2.89. The van der Waals surface area contributed by atoms with Crippen LogP contribution in [0.1, 0.15) is 17.8 Å². The highest BCUT2D eigenvalue weighted by molar-refractivity contribution is 14.1. The number of halogens is 7. The van der Waals surface area contributed by atoms with Crippen molar-refractivity contribution in [3.63, 3.8) is 0 Å². The Kier molecular flexibility index (Phi) is 3.90. The molecule has 1 rings (SSSR count). The fourth-order valence-electron chi connectivity index (χ4n) is 0.816. The van der Waals surface area contributed by atoms with E-state index in [-0.39, 0.29) is 8.04 Å². The summed E-state index contributed by atoms with van der Waals surface area (Å²) in [5.41, 5.74) is -2.19. The van der Waals surface area contributed by atoms with E-state index in [0.717, 1.165) is 6.07 Å². The van der Waals surface area contributed by atoms with E-state index in [1.807, 2.05) is 0 Å². The van der Waals surface area contributed by atoms with E-state index in [1.165, 1.54) is 22.6 Å². The highest BCUT2D eigenvalue weighted by Crippen LogP contribution is 2.36. The van der Waals surface area contributed by atoms with Gasteiger partial charge in [-0.2, -0.15) is 13.2 Å². The van der Waals surface area contributed by atoms with E-state index in [2.05, 4.69) is 20.9 Å². The fraction of sp³-hybridized carbons (Fsp3) is 0.286. The van der Waals surface area contributed by atoms with Crippen LogP contribution in [0.15, 0.2) is 10.5 Å². The van der Waals surface area contributed by atoms with Crippen molar-refractivity contribution in [1.82, 2.24) is 4.98 Å². The summed E-state index contributed by atoms with van der Waals surface area (Å²) in [6.45, 7) is 0. The van der Waals surface area contributed by atoms with Gasteiger partial charge in [0.2, 0.25) is 0 Å². The maximum atomic E-state index is 12.3. The van der Waals surface area contributed by atoms with Gasteiger partial charge in [0.25, 0.3) is 6.43 Å². The summed E-state index contributed by atoms with van der Waals surface area (Å²) < 4.78 is 61.1. The van der Waals surface area contributed by atoms with Crippen molar-refractivity contribution in [3.8, 4) is 0 Å². The molecule has 0 fully saturated rings. The second-order valence-corrected chi connectivity index (χ2v) is 4.42. The fourth-order valence-corrected chi connectivity index (χ4v) is 1.82. The van der Waals surface area contributed by atoms with Crippen molar-refractivity contribution >= 4 is 38.5 Å². The predicted molar refractivity (Wildman–Crippen MR) is 54.6 cm³/mol. The molecule has 1 aromatic rings. The lowest BCUT2D eigenvalue weighted by Gasteiger charge is -2.11. The van der Waals surface area contributed by atoms with Crippen LogP contribution in [0.3, 0.4) is 0 Å². The minimum absolute atomic E-state index is 0.0410. The van der Waals surface area contributed by atoms with Crippen molar-refractivity contribution in [1.29, 1.82) is 0 Å². The van der Waals surface area contributed by atoms with Gasteiger partial charge in [0.15, 0.2) is 5.69 Å². The SMILES string of the molecule is FC(F)c1cc(Br)c(I)c(C(F)(F)F)n1. The molecular weight excluding hydrogens is 400 g/mol. The Hall–Kier alpha value is 0.01000. The standard InChI is InChI=1S/C7H2BrF5IN/c8-2-1-3(6(9)10)15-5(4(2)14)7(11,12)13/h1,6H. The summed E-state index contributed by atoms with van der Waals surface area (Å²) in [6, 6.07) is 0.877. The Morgan fingerprint density at radius 2 is 1.87 bits per heavy atom. The zero-order valence-corrected chi connectivity index (χ0v) is 10.5. The molecule has 0 aliphatic rings. The number of hydrogen-bond acceptors (Lipinski definition) is 1. The molecule has 0 radical (unpaired) electrons. The van der Waals surface area contributed by atoms with Crippen LogP contribution in [0.5, 0.6) is 0 Å². The van der Waals surface area contributed by atoms with E-state index in [1.54, 1.807) is 0 Å². The van der Waals surface area contributed by atoms with Gasteiger partial charge in [-0.15, -0.1) is 0 Å². The highest BCUT2D eigenvalue weighted by atomic mass is 127. The van der Waals surface area contributed by atoms with Crippen LogP contribution in [0.2, 0.25) is 0 Å². The number of aromatic nitrogens is 1. The third kappa shape index (κ3) is 2.99. The molecule has 0 unspecified atom stereocenters. The summed E-state index contributed by atoms with van der Waals surface area (Å²) in [5, 5.41) is 0. The van der Waals surface area contributed by atoms with Gasteiger partial charge >= 0.3 is 6.18 Å². The van der Waals surface area contributed by atoms with Crippen LogP contribution in [0.25, 0.3) is 0 Å². The predicted octanol–water partition coefficient (Wildman–Crippen LogP) is 4.41. The van der Waals surface area contributed by atoms with Gasteiger partial charge < -0.3 is 0 Å². The van der Waals surface area contributed by atoms with E-state index in [4.69, 9.17) is 0 Å². The van der Waals surface area contributed by atoms with Gasteiger partial charge in [0.05, 0.1) is 3.57 Å². The second kappa shape index (κ2) is 4.48. The molecular formula is C7H2BrF5IN. The molecule has 0 N–H and O–H groups in total. The molecule has 0 amide bonds. The summed E-state index contributed by atoms with van der Waals surface area (Å²) in [6.07, 6.45) is -7.76. The first-order valence-electron chi connectivity index (χ1n) is 3.44. The monoisotopic (exact) mass is 401 g/mol. The van der Waals surface area contributed by atoms with Crippen LogP contribution >= 0.6 is 38.5 Å². The zero-order chi connectivity index (χ0) is 11.8. The molecule has 1 nitrogen and oxygen atoms in total. The molecule has 0 saturated carbocycles. The van der Waals surface area contributed by atoms with Crippen LogP contribution in [0, 0.1) is 3.57 Å². The summed E-state index contributed by atoms with van der Waals surface area (Å²) in [5.74, 6) is 0. The third-order valence-corrected chi connectivity index (χ3v) is 3.88. The maximum Gasteiger partial charge on any atom is 0.434 e. The summed E-state index contributed by atoms with van der Waals surface area (Å²) in [7, 11) is 0. The van der Waals surface area contributed by atoms with E-state index < -0.39 is 24.0 Å². The maximum absolute atomic E-state index is 12.3. The quantitative estimate of drug-likeness (QED) is 0.502. The van der Waals surface area contributed by atoms with Gasteiger partial charge in [0.1, 0.15) is 5.69 Å². The Balaban J connectivity index is 3.38. The Morgan fingerprint density at radius 3 is 2.27 bits per heavy atom. The van der Waals surface area contributed by atoms with E-state index >= 15 is 0 Å². The third-order valence-electron chi connectivity index (χ3n) is 1.43. The molecule has 0 aliphatic heterocycles. The first kappa shape index (κ1) is 13.1. The minimum Gasteiger partial charge on any atom is -0.241 e. The second-order valence-electron chi connectivity index (χ2n) is 2.49. The molecule has 1 heterocycles. The molecule has 0 atom stereocenters. The van der Waals surface area contributed by atoms with Gasteiger partial charge in [-0.05, 0) is 44.6 Å². The van der Waals surface area contributed by atoms with E-state index in [0.29, 0.717) is 0 Å². The lowest BCUT2D eigenvalue weighted by atomic mass is 10.3. The van der Waals surface area contributed by atoms with Gasteiger partial charge in [0, 0.05) is 4.47 Å². The zero-order valence-electron chi connectivity index (χ0n) is 6.75. The largest absolute Gasteiger partial charge is 0.434 e. The number of alkyl halides is 5. The van der Waals surface area contributed by atoms with Gasteiger partial charge in [-0.3, -0.25) is 0 Å². The average molecular weight is 402 g/mol. The molecule has 0 bridgehead atoms. The van der Waals surface area contributed by atoms with E-state index in [9.17, 15) is 22.0 Å². The first-order valence-corrected chi connectivity index (χ1v) is 5.32. The van der Waals surface area contributed by atoms with Crippen LogP contribution < -0.4 is 0 Å². The van der Waals surface area contributed by atoms with Crippen molar-refractivity contribution in [2.45, 2.75) is 12.6 Å². The molecule has 8 heteroatoms. The highest BCUT2D eigenvalue weighted by Gasteiger charge is 2.36. The lowest BCUT2D eigenvalue weighted by molar-refractivity contribution is -0.142. The Labute approximate surface area is 103 Å². The van der Waals surface area contributed by atoms with Gasteiger partial charge in [-0.1, -0.05) is 0 Å². The number of hydrogen-bond donors (Lipinski definition) is 0. The minimum atomic E-state index is -4.73. The van der Waals surface area contributed by atoms with Crippen molar-refractivity contribution in [2.75, 3.05) is 0 Å². The smallest absolute Gasteiger partial charge is 0.241 e. The van der Waals surface area contributed by atoms with Crippen molar-refractivity contribution < 1.29 is 22.0 Å². The van der Waals surface area contributed by atoms with Gasteiger partial charge in [-0.25, -0.2) is 13.8 Å². The van der Waals surface area contributed by atoms with Crippen LogP contribution in [-0.2, 0) is 6.18 Å². The number of nitrogens with zero attached hydrogens (tertiary/aromatic N) is 1. The molecule has 0 spiro atoms. The normalized spacial score (nSPS) is 12.3. The average Bonchev–Trinajstić information content (AvgIpc) is 2.06. The molecule has 15 heavy (non-hydrogen) atoms. The van der Waals surface area contributed by atoms with Crippen molar-refractivity contribution in [3.05, 3.63) is 25.5 Å². The molecule has 84 valence electrons. The molecule has 0 aliphatic carbocycles. The summed E-state index contributed by atoms with van der Waals surface area (Å²) >= 11 is 4.17. The molecule has 1 aromatic heterocycles. The lowest BCUT2D eigenvalue weighted by Crippen LogP contribution is -2.12.